The molecule has 0 aromatic heterocycles. The predicted octanol–water partition coefficient (Wildman–Crippen LogP) is 1.58. The van der Waals surface area contributed by atoms with Crippen molar-refractivity contribution in [1.82, 2.24) is 21.1 Å². The Bertz CT molecular complexity index is 525. The van der Waals surface area contributed by atoms with Crippen LogP contribution in [0.3, 0.4) is 0 Å². The molecule has 22 heavy (non-hydrogen) atoms. The molecule has 1 rings (SSSR count). The number of benzene rings is 1. The number of thiocarbonyl (C=S) groups is 2. The maximum Gasteiger partial charge on any atom is 0.189 e. The Morgan fingerprint density at radius 2 is 1.82 bits per heavy atom. The smallest absolute Gasteiger partial charge is 0.189 e. The van der Waals surface area contributed by atoms with Gasteiger partial charge in [0.1, 0.15) is 11.6 Å². The number of nitrogens with zero attached hydrogens (tertiary/aromatic N) is 1. The number of hydrogen-bond donors (Lipinski definition) is 4. The third kappa shape index (κ3) is 7.43. The van der Waals surface area contributed by atoms with Crippen molar-refractivity contribution >= 4 is 40.3 Å². The molecule has 1 aromatic carbocycles. The van der Waals surface area contributed by atoms with E-state index in [1.54, 1.807) is 0 Å². The number of halogens is 2. The zero-order valence-corrected chi connectivity index (χ0v) is 14.0. The van der Waals surface area contributed by atoms with Gasteiger partial charge in [-0.3, -0.25) is 10.9 Å². The molecule has 0 saturated carbocycles. The van der Waals surface area contributed by atoms with Gasteiger partial charge in [-0.05, 0) is 63.6 Å². The standard InChI is InChI=1S/C13H19F2N5S2/c1-20(2)7-3-6-16-12(21)18-19-13(22)17-11-5-4-9(14)8-10(11)15/h4-5,8H,3,6-7H2,1-2H3,(H2,16,18,21)(H2,17,19,22). The molecule has 0 heterocycles. The SMILES string of the molecule is CN(C)CCCNC(=S)NNC(=S)Nc1ccc(F)cc1F. The van der Waals surface area contributed by atoms with Crippen LogP contribution >= 0.6 is 24.4 Å². The summed E-state index contributed by atoms with van der Waals surface area (Å²) in [5.74, 6) is -1.38. The van der Waals surface area contributed by atoms with Crippen LogP contribution in [0.25, 0.3) is 0 Å². The van der Waals surface area contributed by atoms with Crippen molar-refractivity contribution in [2.45, 2.75) is 6.42 Å². The Labute approximate surface area is 139 Å². The number of rotatable bonds is 5. The van der Waals surface area contributed by atoms with E-state index in [-0.39, 0.29) is 10.8 Å². The van der Waals surface area contributed by atoms with Gasteiger partial charge in [-0.15, -0.1) is 0 Å². The molecule has 0 unspecified atom stereocenters. The minimum absolute atomic E-state index is 0.0746. The number of hydrazine groups is 1. The van der Waals surface area contributed by atoms with Crippen LogP contribution in [0.4, 0.5) is 14.5 Å². The van der Waals surface area contributed by atoms with Crippen LogP contribution < -0.4 is 21.5 Å². The molecule has 0 aliphatic carbocycles. The van der Waals surface area contributed by atoms with Crippen molar-refractivity contribution in [3.05, 3.63) is 29.8 Å². The normalized spacial score (nSPS) is 10.2. The molecule has 1 aromatic rings. The van der Waals surface area contributed by atoms with Crippen molar-refractivity contribution in [2.75, 3.05) is 32.5 Å². The van der Waals surface area contributed by atoms with Gasteiger partial charge in [-0.2, -0.15) is 0 Å². The van der Waals surface area contributed by atoms with E-state index in [0.29, 0.717) is 5.11 Å². The Morgan fingerprint density at radius 3 is 2.45 bits per heavy atom. The fourth-order valence-electron chi connectivity index (χ4n) is 1.50. The molecule has 0 atom stereocenters. The highest BCUT2D eigenvalue weighted by Gasteiger charge is 2.05. The highest BCUT2D eigenvalue weighted by molar-refractivity contribution is 7.80. The molecule has 0 amide bonds. The van der Waals surface area contributed by atoms with Gasteiger partial charge in [-0.25, -0.2) is 8.78 Å². The molecule has 0 fully saturated rings. The lowest BCUT2D eigenvalue weighted by Gasteiger charge is -2.15. The Kier molecular flexibility index (Phi) is 7.92. The van der Waals surface area contributed by atoms with Gasteiger partial charge < -0.3 is 15.5 Å². The minimum atomic E-state index is -0.728. The van der Waals surface area contributed by atoms with Crippen molar-refractivity contribution in [1.29, 1.82) is 0 Å². The Balaban J connectivity index is 2.26. The predicted molar refractivity (Wildman–Crippen MR) is 92.6 cm³/mol. The van der Waals surface area contributed by atoms with Crippen molar-refractivity contribution < 1.29 is 8.78 Å². The van der Waals surface area contributed by atoms with Crippen molar-refractivity contribution in [3.8, 4) is 0 Å². The first-order chi connectivity index (χ1) is 10.4. The summed E-state index contributed by atoms with van der Waals surface area (Å²) >= 11 is 10.0. The van der Waals surface area contributed by atoms with Crippen LogP contribution in [0.15, 0.2) is 18.2 Å². The lowest BCUT2D eigenvalue weighted by Crippen LogP contribution is -2.48. The molecular formula is C13H19F2N5S2. The first-order valence-corrected chi connectivity index (χ1v) is 7.40. The second-order valence-corrected chi connectivity index (χ2v) is 5.56. The van der Waals surface area contributed by atoms with E-state index < -0.39 is 11.6 Å². The van der Waals surface area contributed by atoms with E-state index in [9.17, 15) is 8.78 Å². The molecule has 0 bridgehead atoms. The van der Waals surface area contributed by atoms with Gasteiger partial charge in [0.05, 0.1) is 5.69 Å². The highest BCUT2D eigenvalue weighted by atomic mass is 32.1. The fraction of sp³-hybridized carbons (Fsp3) is 0.385. The maximum absolute atomic E-state index is 13.4. The minimum Gasteiger partial charge on any atom is -0.361 e. The van der Waals surface area contributed by atoms with E-state index in [2.05, 4.69) is 26.4 Å². The zero-order chi connectivity index (χ0) is 16.5. The van der Waals surface area contributed by atoms with E-state index in [1.807, 2.05) is 14.1 Å². The zero-order valence-electron chi connectivity index (χ0n) is 12.4. The summed E-state index contributed by atoms with van der Waals surface area (Å²) in [5.41, 5.74) is 5.37. The van der Waals surface area contributed by atoms with E-state index in [1.165, 1.54) is 6.07 Å². The Hall–Kier alpha value is -1.58. The molecule has 0 aliphatic rings. The monoisotopic (exact) mass is 347 g/mol. The second-order valence-electron chi connectivity index (χ2n) is 4.74. The second kappa shape index (κ2) is 9.44. The molecule has 4 N–H and O–H groups in total. The van der Waals surface area contributed by atoms with Gasteiger partial charge in [0.25, 0.3) is 0 Å². The molecule has 0 saturated heterocycles. The van der Waals surface area contributed by atoms with Gasteiger partial charge in [0, 0.05) is 12.6 Å². The molecule has 9 heteroatoms. The van der Waals surface area contributed by atoms with Crippen molar-refractivity contribution in [3.63, 3.8) is 0 Å². The summed E-state index contributed by atoms with van der Waals surface area (Å²) in [6.45, 7) is 1.67. The first kappa shape index (κ1) is 18.5. The van der Waals surface area contributed by atoms with Gasteiger partial charge in [0.15, 0.2) is 10.2 Å². The first-order valence-electron chi connectivity index (χ1n) is 6.59. The summed E-state index contributed by atoms with van der Waals surface area (Å²) in [7, 11) is 3.99. The summed E-state index contributed by atoms with van der Waals surface area (Å²) < 4.78 is 26.2. The van der Waals surface area contributed by atoms with Gasteiger partial charge in [0.2, 0.25) is 0 Å². The average molecular weight is 347 g/mol. The van der Waals surface area contributed by atoms with Gasteiger partial charge >= 0.3 is 0 Å². The fourth-order valence-corrected chi connectivity index (χ4v) is 1.81. The lowest BCUT2D eigenvalue weighted by atomic mass is 10.3. The summed E-state index contributed by atoms with van der Waals surface area (Å²) in [5, 5.41) is 6.08. The topological polar surface area (TPSA) is 51.4 Å². The third-order valence-electron chi connectivity index (χ3n) is 2.54. The van der Waals surface area contributed by atoms with Crippen LogP contribution in [0.1, 0.15) is 6.42 Å². The van der Waals surface area contributed by atoms with Crippen LogP contribution in [0.2, 0.25) is 0 Å². The maximum atomic E-state index is 13.4. The summed E-state index contributed by atoms with van der Waals surface area (Å²) in [6.07, 6.45) is 0.943. The molecule has 0 radical (unpaired) electrons. The van der Waals surface area contributed by atoms with Crippen LogP contribution in [0.5, 0.6) is 0 Å². The summed E-state index contributed by atoms with van der Waals surface area (Å²) in [4.78, 5) is 2.08. The van der Waals surface area contributed by atoms with E-state index in [0.717, 1.165) is 31.6 Å². The van der Waals surface area contributed by atoms with Crippen LogP contribution in [-0.2, 0) is 0 Å². The van der Waals surface area contributed by atoms with Crippen LogP contribution in [-0.4, -0.2) is 42.3 Å². The van der Waals surface area contributed by atoms with Crippen molar-refractivity contribution in [2.24, 2.45) is 0 Å². The largest absolute Gasteiger partial charge is 0.361 e. The Morgan fingerprint density at radius 1 is 1.14 bits per heavy atom. The average Bonchev–Trinajstić information content (AvgIpc) is 2.44. The highest BCUT2D eigenvalue weighted by Crippen LogP contribution is 2.14. The van der Waals surface area contributed by atoms with Crippen LogP contribution in [0, 0.1) is 11.6 Å². The van der Waals surface area contributed by atoms with E-state index in [4.69, 9.17) is 24.4 Å². The van der Waals surface area contributed by atoms with E-state index >= 15 is 0 Å². The number of hydrogen-bond acceptors (Lipinski definition) is 3. The summed E-state index contributed by atoms with van der Waals surface area (Å²) in [6, 6.07) is 3.17. The molecule has 5 nitrogen and oxygen atoms in total. The quantitative estimate of drug-likeness (QED) is 0.367. The lowest BCUT2D eigenvalue weighted by molar-refractivity contribution is 0.400. The van der Waals surface area contributed by atoms with Gasteiger partial charge in [-0.1, -0.05) is 0 Å². The third-order valence-corrected chi connectivity index (χ3v) is 2.99. The molecular weight excluding hydrogens is 328 g/mol. The molecule has 0 aliphatic heterocycles. The number of nitrogens with one attached hydrogen (secondary N) is 4. The molecule has 122 valence electrons. The molecule has 0 spiro atoms. The number of anilines is 1.